The zero-order chi connectivity index (χ0) is 20.5. The molecule has 2 amide bonds. The van der Waals surface area contributed by atoms with Crippen molar-refractivity contribution in [3.63, 3.8) is 0 Å². The molecule has 0 aromatic carbocycles. The SMILES string of the molecule is CN(C)c1nc2cc(NC(=O)c3c(C(=O)N4CCOCC4)cnn3C)ccn2n1. The minimum Gasteiger partial charge on any atom is -0.378 e. The van der Waals surface area contributed by atoms with Crippen LogP contribution in [0.15, 0.2) is 24.5 Å². The molecule has 0 aliphatic carbocycles. The number of fused-ring (bicyclic) bond motifs is 1. The maximum atomic E-state index is 12.9. The van der Waals surface area contributed by atoms with Gasteiger partial charge in [-0.2, -0.15) is 10.1 Å². The van der Waals surface area contributed by atoms with Gasteiger partial charge in [0.1, 0.15) is 5.69 Å². The second kappa shape index (κ2) is 7.51. The number of rotatable bonds is 4. The molecule has 152 valence electrons. The molecule has 1 aliphatic heterocycles. The van der Waals surface area contributed by atoms with Crippen molar-refractivity contribution in [3.8, 4) is 0 Å². The zero-order valence-corrected chi connectivity index (χ0v) is 16.5. The minimum atomic E-state index is -0.418. The molecule has 0 unspecified atom stereocenters. The molecule has 11 heteroatoms. The second-order valence-corrected chi connectivity index (χ2v) is 6.91. The van der Waals surface area contributed by atoms with Crippen molar-refractivity contribution in [3.05, 3.63) is 35.8 Å². The lowest BCUT2D eigenvalue weighted by molar-refractivity contribution is 0.0302. The van der Waals surface area contributed by atoms with Gasteiger partial charge >= 0.3 is 0 Å². The van der Waals surface area contributed by atoms with Gasteiger partial charge in [-0.25, -0.2) is 4.52 Å². The van der Waals surface area contributed by atoms with E-state index in [4.69, 9.17) is 4.74 Å². The number of aryl methyl sites for hydroxylation is 1. The molecule has 1 saturated heterocycles. The number of carbonyl (C=O) groups excluding carboxylic acids is 2. The summed E-state index contributed by atoms with van der Waals surface area (Å²) in [6.45, 7) is 1.96. The van der Waals surface area contributed by atoms with Crippen LogP contribution in [0, 0.1) is 0 Å². The molecular formula is C18H22N8O3. The number of carbonyl (C=O) groups is 2. The van der Waals surface area contributed by atoms with Gasteiger partial charge < -0.3 is 19.9 Å². The van der Waals surface area contributed by atoms with Crippen LogP contribution in [0.1, 0.15) is 20.8 Å². The Labute approximate surface area is 166 Å². The van der Waals surface area contributed by atoms with E-state index in [-0.39, 0.29) is 17.2 Å². The Morgan fingerprint density at radius 3 is 2.72 bits per heavy atom. The molecule has 0 bridgehead atoms. The van der Waals surface area contributed by atoms with Gasteiger partial charge in [0, 0.05) is 52.2 Å². The van der Waals surface area contributed by atoms with Crippen molar-refractivity contribution in [2.75, 3.05) is 50.6 Å². The summed E-state index contributed by atoms with van der Waals surface area (Å²) < 4.78 is 8.32. The van der Waals surface area contributed by atoms with Gasteiger partial charge in [0.2, 0.25) is 5.95 Å². The standard InChI is InChI=1S/C18H22N8O3/c1-23(2)18-21-14-10-12(4-5-26(14)22-18)20-16(27)15-13(11-19-24(15)3)17(28)25-6-8-29-9-7-25/h4-5,10-11H,6-9H2,1-3H3,(H,20,27). The van der Waals surface area contributed by atoms with Gasteiger partial charge in [-0.1, -0.05) is 0 Å². The van der Waals surface area contributed by atoms with Crippen LogP contribution in [0.25, 0.3) is 5.65 Å². The number of pyridine rings is 1. The van der Waals surface area contributed by atoms with E-state index >= 15 is 0 Å². The maximum absolute atomic E-state index is 12.9. The smallest absolute Gasteiger partial charge is 0.274 e. The maximum Gasteiger partial charge on any atom is 0.274 e. The van der Waals surface area contributed by atoms with Crippen LogP contribution in [0.5, 0.6) is 0 Å². The van der Waals surface area contributed by atoms with E-state index in [2.05, 4.69) is 20.5 Å². The number of ether oxygens (including phenoxy) is 1. The Bertz CT molecular complexity index is 1060. The fourth-order valence-corrected chi connectivity index (χ4v) is 3.13. The van der Waals surface area contributed by atoms with Gasteiger partial charge in [0.25, 0.3) is 11.8 Å². The summed E-state index contributed by atoms with van der Waals surface area (Å²) >= 11 is 0. The molecule has 3 aromatic rings. The zero-order valence-electron chi connectivity index (χ0n) is 16.5. The fourth-order valence-electron chi connectivity index (χ4n) is 3.13. The first-order chi connectivity index (χ1) is 13.9. The lowest BCUT2D eigenvalue weighted by atomic mass is 10.2. The van der Waals surface area contributed by atoms with Crippen LogP contribution in [0.3, 0.4) is 0 Å². The molecule has 0 saturated carbocycles. The number of anilines is 2. The van der Waals surface area contributed by atoms with Crippen molar-refractivity contribution in [1.82, 2.24) is 29.3 Å². The summed E-state index contributed by atoms with van der Waals surface area (Å²) in [5, 5.41) is 11.3. The van der Waals surface area contributed by atoms with E-state index in [1.165, 1.54) is 10.9 Å². The average Bonchev–Trinajstić information content (AvgIpc) is 3.31. The Kier molecular flexibility index (Phi) is 4.89. The van der Waals surface area contributed by atoms with E-state index in [0.717, 1.165) is 0 Å². The number of nitrogens with one attached hydrogen (secondary N) is 1. The van der Waals surface area contributed by atoms with Gasteiger partial charge in [-0.15, -0.1) is 5.10 Å². The summed E-state index contributed by atoms with van der Waals surface area (Å²) in [7, 11) is 5.34. The summed E-state index contributed by atoms with van der Waals surface area (Å²) in [5.74, 6) is -0.0769. The molecular weight excluding hydrogens is 376 g/mol. The number of nitrogens with zero attached hydrogens (tertiary/aromatic N) is 7. The molecule has 4 rings (SSSR count). The van der Waals surface area contributed by atoms with E-state index in [1.54, 1.807) is 39.7 Å². The molecule has 1 fully saturated rings. The van der Waals surface area contributed by atoms with E-state index in [0.29, 0.717) is 43.6 Å². The van der Waals surface area contributed by atoms with Crippen molar-refractivity contribution < 1.29 is 14.3 Å². The van der Waals surface area contributed by atoms with Gasteiger partial charge in [0.05, 0.1) is 25.0 Å². The van der Waals surface area contributed by atoms with E-state index < -0.39 is 5.91 Å². The van der Waals surface area contributed by atoms with Crippen LogP contribution in [0.2, 0.25) is 0 Å². The van der Waals surface area contributed by atoms with E-state index in [9.17, 15) is 9.59 Å². The Morgan fingerprint density at radius 1 is 1.24 bits per heavy atom. The minimum absolute atomic E-state index is 0.205. The topological polar surface area (TPSA) is 110 Å². The lowest BCUT2D eigenvalue weighted by Crippen LogP contribution is -2.41. The Morgan fingerprint density at radius 2 is 2.00 bits per heavy atom. The predicted octanol–water partition coefficient (Wildman–Crippen LogP) is 0.254. The summed E-state index contributed by atoms with van der Waals surface area (Å²) in [6.07, 6.45) is 3.14. The molecule has 4 heterocycles. The molecule has 3 aromatic heterocycles. The average molecular weight is 398 g/mol. The molecule has 1 aliphatic rings. The number of hydrogen-bond donors (Lipinski definition) is 1. The number of aromatic nitrogens is 5. The van der Waals surface area contributed by atoms with Gasteiger partial charge in [0.15, 0.2) is 5.65 Å². The molecule has 1 N–H and O–H groups in total. The normalized spacial score (nSPS) is 14.2. The van der Waals surface area contributed by atoms with Crippen LogP contribution in [-0.4, -0.2) is 81.5 Å². The number of morpholine rings is 1. The highest BCUT2D eigenvalue weighted by molar-refractivity contribution is 6.11. The van der Waals surface area contributed by atoms with E-state index in [1.807, 2.05) is 14.1 Å². The van der Waals surface area contributed by atoms with Crippen molar-refractivity contribution in [2.24, 2.45) is 7.05 Å². The summed E-state index contributed by atoms with van der Waals surface area (Å²) in [4.78, 5) is 33.6. The largest absolute Gasteiger partial charge is 0.378 e. The third-order valence-electron chi connectivity index (χ3n) is 4.67. The summed E-state index contributed by atoms with van der Waals surface area (Å²) in [6, 6.07) is 3.44. The highest BCUT2D eigenvalue weighted by atomic mass is 16.5. The molecule has 0 radical (unpaired) electrons. The van der Waals surface area contributed by atoms with Crippen LogP contribution in [-0.2, 0) is 11.8 Å². The number of hydrogen-bond acceptors (Lipinski definition) is 7. The first-order valence-corrected chi connectivity index (χ1v) is 9.18. The van der Waals surface area contributed by atoms with Crippen LogP contribution < -0.4 is 10.2 Å². The fraction of sp³-hybridized carbons (Fsp3) is 0.389. The molecule has 29 heavy (non-hydrogen) atoms. The first-order valence-electron chi connectivity index (χ1n) is 9.18. The lowest BCUT2D eigenvalue weighted by Gasteiger charge is -2.26. The molecule has 0 spiro atoms. The van der Waals surface area contributed by atoms with Crippen molar-refractivity contribution in [2.45, 2.75) is 0 Å². The molecule has 0 atom stereocenters. The quantitative estimate of drug-likeness (QED) is 0.671. The third kappa shape index (κ3) is 3.63. The Hall–Kier alpha value is -3.47. The van der Waals surface area contributed by atoms with Gasteiger partial charge in [-0.3, -0.25) is 14.3 Å². The Balaban J connectivity index is 1.58. The molecule has 11 nitrogen and oxygen atoms in total. The number of amides is 2. The predicted molar refractivity (Wildman–Crippen MR) is 105 cm³/mol. The second-order valence-electron chi connectivity index (χ2n) is 6.91. The third-order valence-corrected chi connectivity index (χ3v) is 4.67. The monoisotopic (exact) mass is 398 g/mol. The van der Waals surface area contributed by atoms with Crippen LogP contribution >= 0.6 is 0 Å². The van der Waals surface area contributed by atoms with Gasteiger partial charge in [-0.05, 0) is 6.07 Å². The van der Waals surface area contributed by atoms with Crippen molar-refractivity contribution in [1.29, 1.82) is 0 Å². The summed E-state index contributed by atoms with van der Waals surface area (Å²) in [5.41, 5.74) is 1.62. The first kappa shape index (κ1) is 18.9. The van der Waals surface area contributed by atoms with Crippen LogP contribution in [0.4, 0.5) is 11.6 Å². The highest BCUT2D eigenvalue weighted by Gasteiger charge is 2.27. The van der Waals surface area contributed by atoms with Crippen molar-refractivity contribution >= 4 is 29.1 Å². The highest BCUT2D eigenvalue weighted by Crippen LogP contribution is 2.17.